The fraction of sp³-hybridized carbons (Fsp3) is 0.120. The fourth-order valence-electron chi connectivity index (χ4n) is 3.61. The van der Waals surface area contributed by atoms with Gasteiger partial charge >= 0.3 is 0 Å². The van der Waals surface area contributed by atoms with Crippen LogP contribution in [0.25, 0.3) is 6.08 Å². The molecule has 36 heavy (non-hydrogen) atoms. The Balaban J connectivity index is 1.27. The van der Waals surface area contributed by atoms with Crippen LogP contribution in [0.5, 0.6) is 17.2 Å². The number of nitro benzene ring substituents is 1. The van der Waals surface area contributed by atoms with Gasteiger partial charge in [0, 0.05) is 23.2 Å². The van der Waals surface area contributed by atoms with Gasteiger partial charge in [-0.25, -0.2) is 0 Å². The van der Waals surface area contributed by atoms with E-state index in [0.717, 1.165) is 22.2 Å². The highest BCUT2D eigenvalue weighted by Gasteiger charge is 2.35. The number of non-ortho nitro benzene ring substituents is 1. The summed E-state index contributed by atoms with van der Waals surface area (Å²) in [6.07, 6.45) is 1.63. The summed E-state index contributed by atoms with van der Waals surface area (Å²) in [5.74, 6) is 1.17. The number of rotatable bonds is 7. The topological polar surface area (TPSA) is 108 Å². The molecule has 5 rings (SSSR count). The Bertz CT molecular complexity index is 1410. The summed E-state index contributed by atoms with van der Waals surface area (Å²) in [7, 11) is 0. The lowest BCUT2D eigenvalue weighted by Gasteiger charge is -2.14. The number of hydrogen-bond donors (Lipinski definition) is 0. The molecular formula is C25H17ClN2O7S. The van der Waals surface area contributed by atoms with E-state index in [4.69, 9.17) is 25.8 Å². The van der Waals surface area contributed by atoms with Crippen molar-refractivity contribution >= 4 is 46.3 Å². The average molecular weight is 525 g/mol. The quantitative estimate of drug-likeness (QED) is 0.217. The van der Waals surface area contributed by atoms with Crippen LogP contribution in [0.4, 0.5) is 10.5 Å². The van der Waals surface area contributed by atoms with Gasteiger partial charge in [0.15, 0.2) is 11.5 Å². The Morgan fingerprint density at radius 1 is 1.08 bits per heavy atom. The Morgan fingerprint density at radius 3 is 2.58 bits per heavy atom. The Labute approximate surface area is 214 Å². The normalized spacial score (nSPS) is 15.6. The third-order valence-corrected chi connectivity index (χ3v) is 6.71. The van der Waals surface area contributed by atoms with Crippen LogP contribution in [-0.4, -0.2) is 27.8 Å². The zero-order valence-electron chi connectivity index (χ0n) is 18.5. The maximum atomic E-state index is 13.0. The number of nitro groups is 1. The van der Waals surface area contributed by atoms with Crippen molar-refractivity contribution in [2.75, 3.05) is 6.79 Å². The third kappa shape index (κ3) is 5.00. The largest absolute Gasteiger partial charge is 0.489 e. The molecular weight excluding hydrogens is 508 g/mol. The molecule has 0 N–H and O–H groups in total. The first-order valence-corrected chi connectivity index (χ1v) is 11.9. The number of amides is 2. The molecule has 3 aromatic carbocycles. The number of ether oxygens (including phenoxy) is 3. The van der Waals surface area contributed by atoms with Crippen molar-refractivity contribution in [3.8, 4) is 17.2 Å². The van der Waals surface area contributed by atoms with Gasteiger partial charge in [-0.05, 0) is 64.9 Å². The molecule has 0 saturated carbocycles. The van der Waals surface area contributed by atoms with E-state index < -0.39 is 16.1 Å². The van der Waals surface area contributed by atoms with Crippen LogP contribution in [0.3, 0.4) is 0 Å². The average Bonchev–Trinajstić information content (AvgIpc) is 3.42. The van der Waals surface area contributed by atoms with Crippen LogP contribution in [0.15, 0.2) is 65.6 Å². The number of hydrogen-bond acceptors (Lipinski definition) is 8. The van der Waals surface area contributed by atoms with Gasteiger partial charge in [0.25, 0.3) is 16.8 Å². The predicted octanol–water partition coefficient (Wildman–Crippen LogP) is 5.79. The van der Waals surface area contributed by atoms with Crippen LogP contribution in [0.2, 0.25) is 5.02 Å². The fourth-order valence-corrected chi connectivity index (χ4v) is 4.66. The van der Waals surface area contributed by atoms with E-state index in [9.17, 15) is 19.7 Å². The highest BCUT2D eigenvalue weighted by Crippen LogP contribution is 2.39. The van der Waals surface area contributed by atoms with Crippen LogP contribution >= 0.6 is 23.4 Å². The number of carbonyl (C=O) groups excluding carboxylic acids is 2. The first kappa shape index (κ1) is 23.7. The zero-order chi connectivity index (χ0) is 25.2. The maximum absolute atomic E-state index is 13.0. The molecule has 0 atom stereocenters. The van der Waals surface area contributed by atoms with E-state index in [1.165, 1.54) is 12.1 Å². The first-order chi connectivity index (χ1) is 17.4. The number of benzene rings is 3. The van der Waals surface area contributed by atoms with E-state index >= 15 is 0 Å². The molecule has 182 valence electrons. The van der Waals surface area contributed by atoms with E-state index in [1.807, 2.05) is 0 Å². The number of halogens is 1. The van der Waals surface area contributed by atoms with E-state index in [-0.39, 0.29) is 30.5 Å². The predicted molar refractivity (Wildman–Crippen MR) is 133 cm³/mol. The zero-order valence-corrected chi connectivity index (χ0v) is 20.1. The van der Waals surface area contributed by atoms with E-state index in [0.29, 0.717) is 33.4 Å². The summed E-state index contributed by atoms with van der Waals surface area (Å²) in [5.41, 5.74) is 2.04. The summed E-state index contributed by atoms with van der Waals surface area (Å²) in [6.45, 7) is 0.320. The van der Waals surface area contributed by atoms with Crippen molar-refractivity contribution in [1.29, 1.82) is 0 Å². The van der Waals surface area contributed by atoms with Crippen LogP contribution in [-0.2, 0) is 17.9 Å². The molecule has 0 spiro atoms. The Hall–Kier alpha value is -4.02. The molecule has 11 heteroatoms. The Morgan fingerprint density at radius 2 is 1.83 bits per heavy atom. The summed E-state index contributed by atoms with van der Waals surface area (Å²) < 4.78 is 16.4. The number of nitrogens with zero attached hydrogens (tertiary/aromatic N) is 2. The molecule has 2 amide bonds. The van der Waals surface area contributed by atoms with Gasteiger partial charge in [-0.2, -0.15) is 0 Å². The number of imide groups is 1. The van der Waals surface area contributed by atoms with Crippen molar-refractivity contribution in [2.24, 2.45) is 0 Å². The van der Waals surface area contributed by atoms with Crippen molar-refractivity contribution in [3.63, 3.8) is 0 Å². The summed E-state index contributed by atoms with van der Waals surface area (Å²) >= 11 is 7.16. The minimum absolute atomic E-state index is 0.00971. The first-order valence-electron chi connectivity index (χ1n) is 10.7. The highest BCUT2D eigenvalue weighted by atomic mass is 35.5. The van der Waals surface area contributed by atoms with E-state index in [1.54, 1.807) is 54.6 Å². The van der Waals surface area contributed by atoms with Gasteiger partial charge in [0.2, 0.25) is 6.79 Å². The second kappa shape index (κ2) is 9.92. The Kier molecular flexibility index (Phi) is 6.53. The highest BCUT2D eigenvalue weighted by molar-refractivity contribution is 8.18. The van der Waals surface area contributed by atoms with Crippen molar-refractivity contribution in [1.82, 2.24) is 4.90 Å². The smallest absolute Gasteiger partial charge is 0.293 e. The summed E-state index contributed by atoms with van der Waals surface area (Å²) in [4.78, 5) is 37.3. The second-order valence-electron chi connectivity index (χ2n) is 7.85. The lowest BCUT2D eigenvalue weighted by molar-refractivity contribution is -0.384. The van der Waals surface area contributed by atoms with Gasteiger partial charge in [-0.15, -0.1) is 0 Å². The minimum atomic E-state index is -0.459. The number of thioether (sulfide) groups is 1. The molecule has 0 unspecified atom stereocenters. The van der Waals surface area contributed by atoms with Crippen molar-refractivity contribution in [2.45, 2.75) is 13.2 Å². The third-order valence-electron chi connectivity index (χ3n) is 5.45. The lowest BCUT2D eigenvalue weighted by Crippen LogP contribution is -2.27. The molecule has 2 aliphatic heterocycles. The van der Waals surface area contributed by atoms with Crippen molar-refractivity contribution in [3.05, 3.63) is 97.4 Å². The molecule has 1 fully saturated rings. The SMILES string of the molecule is O=C1S/C(=C/c2cccc(OCc3ccc([N+](=O)[O-])cc3)c2)C(=O)N1Cc1cc2c(cc1Cl)OCO2. The standard InChI is InChI=1S/C25H17ClN2O7S/c26-20-11-22-21(34-14-35-22)10-17(20)12-27-24(29)23(36-25(27)30)9-16-2-1-3-19(8-16)33-13-15-4-6-18(7-5-15)28(31)32/h1-11H,12-14H2/b23-9+. The van der Waals surface area contributed by atoms with Crippen LogP contribution in [0, 0.1) is 10.1 Å². The number of fused-ring (bicyclic) bond motifs is 1. The number of carbonyl (C=O) groups is 2. The van der Waals surface area contributed by atoms with Crippen molar-refractivity contribution < 1.29 is 28.7 Å². The molecule has 0 bridgehead atoms. The van der Waals surface area contributed by atoms with Gasteiger partial charge in [0.05, 0.1) is 16.4 Å². The molecule has 0 aliphatic carbocycles. The monoisotopic (exact) mass is 524 g/mol. The van der Waals surface area contributed by atoms with Gasteiger partial charge in [-0.3, -0.25) is 24.6 Å². The molecule has 1 saturated heterocycles. The molecule has 2 heterocycles. The molecule has 0 aromatic heterocycles. The van der Waals surface area contributed by atoms with Crippen LogP contribution in [0.1, 0.15) is 16.7 Å². The molecule has 0 radical (unpaired) electrons. The van der Waals surface area contributed by atoms with Gasteiger partial charge in [-0.1, -0.05) is 23.7 Å². The second-order valence-corrected chi connectivity index (χ2v) is 9.25. The van der Waals surface area contributed by atoms with Crippen LogP contribution < -0.4 is 14.2 Å². The molecule has 2 aliphatic rings. The van der Waals surface area contributed by atoms with Gasteiger partial charge in [0.1, 0.15) is 12.4 Å². The summed E-state index contributed by atoms with van der Waals surface area (Å²) in [6, 6.07) is 16.4. The van der Waals surface area contributed by atoms with Gasteiger partial charge < -0.3 is 14.2 Å². The molecule has 3 aromatic rings. The minimum Gasteiger partial charge on any atom is -0.489 e. The maximum Gasteiger partial charge on any atom is 0.293 e. The molecule has 9 nitrogen and oxygen atoms in total. The summed E-state index contributed by atoms with van der Waals surface area (Å²) in [5, 5.41) is 10.8. The van der Waals surface area contributed by atoms with E-state index in [2.05, 4.69) is 0 Å². The lowest BCUT2D eigenvalue weighted by atomic mass is 10.1.